The molecule has 1 atom stereocenters. The van der Waals surface area contributed by atoms with Gasteiger partial charge in [0.2, 0.25) is 5.91 Å². The molecule has 0 bridgehead atoms. The summed E-state index contributed by atoms with van der Waals surface area (Å²) in [4.78, 5) is 18.0. The zero-order valence-corrected chi connectivity index (χ0v) is 12.2. The van der Waals surface area contributed by atoms with Gasteiger partial charge in [0.15, 0.2) is 11.6 Å². The van der Waals surface area contributed by atoms with Gasteiger partial charge in [0, 0.05) is 37.8 Å². The van der Waals surface area contributed by atoms with Gasteiger partial charge in [-0.25, -0.2) is 8.78 Å². The van der Waals surface area contributed by atoms with Crippen molar-refractivity contribution in [2.75, 3.05) is 6.54 Å². The monoisotopic (exact) mass is 302 g/mol. The molecule has 0 radical (unpaired) electrons. The van der Waals surface area contributed by atoms with Crippen LogP contribution in [0.5, 0.6) is 0 Å². The summed E-state index contributed by atoms with van der Waals surface area (Å²) in [7, 11) is 0. The third-order valence-electron chi connectivity index (χ3n) is 4.13. The molecule has 114 valence electrons. The number of likely N-dealkylation sites (tertiary alicyclic amines) is 1. The number of pyridine rings is 1. The van der Waals surface area contributed by atoms with Gasteiger partial charge >= 0.3 is 0 Å². The lowest BCUT2D eigenvalue weighted by Crippen LogP contribution is -2.24. The van der Waals surface area contributed by atoms with E-state index < -0.39 is 11.6 Å². The van der Waals surface area contributed by atoms with E-state index in [1.807, 2.05) is 13.0 Å². The molecule has 0 unspecified atom stereocenters. The van der Waals surface area contributed by atoms with Crippen LogP contribution in [0.4, 0.5) is 8.78 Å². The SMILES string of the molecule is Cc1cnccc1CN1C[C@@H](c2ccc(F)c(F)c2)CC1=O. The molecule has 1 saturated heterocycles. The van der Waals surface area contributed by atoms with E-state index in [1.165, 1.54) is 6.07 Å². The van der Waals surface area contributed by atoms with Crippen molar-refractivity contribution < 1.29 is 13.6 Å². The van der Waals surface area contributed by atoms with Crippen molar-refractivity contribution in [2.45, 2.75) is 25.8 Å². The van der Waals surface area contributed by atoms with Crippen molar-refractivity contribution in [3.8, 4) is 0 Å². The topological polar surface area (TPSA) is 33.2 Å². The number of nitrogens with zero attached hydrogens (tertiary/aromatic N) is 2. The Morgan fingerprint density at radius 1 is 1.27 bits per heavy atom. The summed E-state index contributed by atoms with van der Waals surface area (Å²) in [5.41, 5.74) is 2.75. The number of rotatable bonds is 3. The van der Waals surface area contributed by atoms with Gasteiger partial charge in [-0.05, 0) is 41.8 Å². The quantitative estimate of drug-likeness (QED) is 0.872. The predicted octanol–water partition coefficient (Wildman–Crippen LogP) is 3.18. The standard InChI is InChI=1S/C17H16F2N2O/c1-11-8-20-5-4-13(11)9-21-10-14(7-17(21)22)12-2-3-15(18)16(19)6-12/h2-6,8,14H,7,9-10H2,1H3/t14-/m0/s1. The molecule has 0 saturated carbocycles. The van der Waals surface area contributed by atoms with Crippen LogP contribution in [0.1, 0.15) is 29.0 Å². The van der Waals surface area contributed by atoms with E-state index in [-0.39, 0.29) is 11.8 Å². The van der Waals surface area contributed by atoms with E-state index in [4.69, 9.17) is 0 Å². The predicted molar refractivity (Wildman–Crippen MR) is 78.1 cm³/mol. The number of hydrogen-bond donors (Lipinski definition) is 0. The summed E-state index contributed by atoms with van der Waals surface area (Å²) in [6.07, 6.45) is 3.80. The Kier molecular flexibility index (Phi) is 3.88. The van der Waals surface area contributed by atoms with Crippen molar-refractivity contribution in [2.24, 2.45) is 0 Å². The number of carbonyl (C=O) groups is 1. The first-order chi connectivity index (χ1) is 10.5. The number of amides is 1. The van der Waals surface area contributed by atoms with Gasteiger partial charge in [0.25, 0.3) is 0 Å². The lowest BCUT2D eigenvalue weighted by atomic mass is 9.98. The summed E-state index contributed by atoms with van der Waals surface area (Å²) < 4.78 is 26.4. The fourth-order valence-electron chi connectivity index (χ4n) is 2.80. The second-order valence-electron chi connectivity index (χ2n) is 5.65. The van der Waals surface area contributed by atoms with Crippen LogP contribution in [0.25, 0.3) is 0 Å². The molecule has 1 fully saturated rings. The molecule has 3 rings (SSSR count). The molecule has 1 aromatic heterocycles. The molecule has 22 heavy (non-hydrogen) atoms. The third kappa shape index (κ3) is 2.84. The van der Waals surface area contributed by atoms with Crippen LogP contribution in [0.3, 0.4) is 0 Å². The van der Waals surface area contributed by atoms with Gasteiger partial charge in [0.1, 0.15) is 0 Å². The summed E-state index contributed by atoms with van der Waals surface area (Å²) in [5, 5.41) is 0. The molecule has 3 nitrogen and oxygen atoms in total. The first-order valence-corrected chi connectivity index (χ1v) is 7.17. The number of hydrogen-bond acceptors (Lipinski definition) is 2. The van der Waals surface area contributed by atoms with Gasteiger partial charge in [-0.2, -0.15) is 0 Å². The largest absolute Gasteiger partial charge is 0.338 e. The van der Waals surface area contributed by atoms with Crippen molar-refractivity contribution in [3.63, 3.8) is 0 Å². The van der Waals surface area contributed by atoms with Crippen molar-refractivity contribution in [3.05, 3.63) is 65.0 Å². The molecule has 0 aliphatic carbocycles. The zero-order valence-electron chi connectivity index (χ0n) is 12.2. The van der Waals surface area contributed by atoms with E-state index in [1.54, 1.807) is 23.4 Å². The van der Waals surface area contributed by atoms with Gasteiger partial charge in [0.05, 0.1) is 0 Å². The minimum Gasteiger partial charge on any atom is -0.338 e. The highest BCUT2D eigenvalue weighted by Gasteiger charge is 2.31. The van der Waals surface area contributed by atoms with E-state index in [0.717, 1.165) is 17.2 Å². The van der Waals surface area contributed by atoms with Gasteiger partial charge in [-0.3, -0.25) is 9.78 Å². The maximum atomic E-state index is 13.3. The minimum atomic E-state index is -0.867. The van der Waals surface area contributed by atoms with Crippen molar-refractivity contribution in [1.82, 2.24) is 9.88 Å². The van der Waals surface area contributed by atoms with Crippen LogP contribution >= 0.6 is 0 Å². The maximum Gasteiger partial charge on any atom is 0.223 e. The van der Waals surface area contributed by atoms with Gasteiger partial charge in [-0.1, -0.05) is 6.07 Å². The molecule has 1 aliphatic heterocycles. The average Bonchev–Trinajstić information content (AvgIpc) is 2.85. The Hall–Kier alpha value is -2.30. The Morgan fingerprint density at radius 2 is 2.09 bits per heavy atom. The lowest BCUT2D eigenvalue weighted by molar-refractivity contribution is -0.128. The average molecular weight is 302 g/mol. The second-order valence-corrected chi connectivity index (χ2v) is 5.65. The van der Waals surface area contributed by atoms with Gasteiger partial charge < -0.3 is 4.90 Å². The smallest absolute Gasteiger partial charge is 0.223 e. The fraction of sp³-hybridized carbons (Fsp3) is 0.294. The lowest BCUT2D eigenvalue weighted by Gasteiger charge is -2.18. The van der Waals surface area contributed by atoms with Crippen LogP contribution < -0.4 is 0 Å². The van der Waals surface area contributed by atoms with Crippen LogP contribution in [-0.2, 0) is 11.3 Å². The van der Waals surface area contributed by atoms with Crippen LogP contribution in [-0.4, -0.2) is 22.3 Å². The Bertz CT molecular complexity index is 718. The third-order valence-corrected chi connectivity index (χ3v) is 4.13. The molecule has 0 N–H and O–H groups in total. The number of aromatic nitrogens is 1. The van der Waals surface area contributed by atoms with Crippen LogP contribution in [0.2, 0.25) is 0 Å². The normalized spacial score (nSPS) is 18.0. The molecule has 0 spiro atoms. The van der Waals surface area contributed by atoms with Crippen molar-refractivity contribution in [1.29, 1.82) is 0 Å². The van der Waals surface area contributed by atoms with Crippen molar-refractivity contribution >= 4 is 5.91 Å². The van der Waals surface area contributed by atoms with E-state index in [0.29, 0.717) is 25.1 Å². The second kappa shape index (κ2) is 5.83. The van der Waals surface area contributed by atoms with Crippen LogP contribution in [0.15, 0.2) is 36.7 Å². The molecular weight excluding hydrogens is 286 g/mol. The molecule has 2 heterocycles. The maximum absolute atomic E-state index is 13.3. The highest BCUT2D eigenvalue weighted by Crippen LogP contribution is 2.30. The first kappa shape index (κ1) is 14.6. The Balaban J connectivity index is 1.75. The van der Waals surface area contributed by atoms with Crippen LogP contribution in [0, 0.1) is 18.6 Å². The van der Waals surface area contributed by atoms with E-state index in [2.05, 4.69) is 4.98 Å². The number of carbonyl (C=O) groups excluding carboxylic acids is 1. The number of aryl methyl sites for hydroxylation is 1. The molecule has 1 aliphatic rings. The highest BCUT2D eigenvalue weighted by molar-refractivity contribution is 5.79. The molecule has 2 aromatic rings. The molecule has 1 aromatic carbocycles. The zero-order chi connectivity index (χ0) is 15.7. The number of halogens is 2. The molecular formula is C17H16F2N2O. The fourth-order valence-corrected chi connectivity index (χ4v) is 2.80. The number of benzene rings is 1. The van der Waals surface area contributed by atoms with E-state index in [9.17, 15) is 13.6 Å². The molecule has 1 amide bonds. The van der Waals surface area contributed by atoms with Gasteiger partial charge in [-0.15, -0.1) is 0 Å². The summed E-state index contributed by atoms with van der Waals surface area (Å²) in [6, 6.07) is 5.75. The summed E-state index contributed by atoms with van der Waals surface area (Å²) in [5.74, 6) is -1.79. The summed E-state index contributed by atoms with van der Waals surface area (Å²) in [6.45, 7) is 2.99. The Morgan fingerprint density at radius 3 is 2.82 bits per heavy atom. The molecule has 5 heteroatoms. The Labute approximate surface area is 127 Å². The minimum absolute atomic E-state index is 0.0333. The first-order valence-electron chi connectivity index (χ1n) is 7.17. The van der Waals surface area contributed by atoms with E-state index >= 15 is 0 Å². The highest BCUT2D eigenvalue weighted by atomic mass is 19.2. The summed E-state index contributed by atoms with van der Waals surface area (Å²) >= 11 is 0.